The van der Waals surface area contributed by atoms with Crippen LogP contribution in [0.5, 0.6) is 0 Å². The van der Waals surface area contributed by atoms with Gasteiger partial charge in [0.15, 0.2) is 0 Å². The van der Waals surface area contributed by atoms with Crippen LogP contribution in [0.2, 0.25) is 0 Å². The largest absolute Gasteiger partial charge is 0.363 e. The van der Waals surface area contributed by atoms with Gasteiger partial charge < -0.3 is 15.5 Å². The van der Waals surface area contributed by atoms with E-state index >= 15 is 0 Å². The van der Waals surface area contributed by atoms with E-state index in [2.05, 4.69) is 64.1 Å². The predicted octanol–water partition coefficient (Wildman–Crippen LogP) is 4.17. The number of pyridine rings is 1. The van der Waals surface area contributed by atoms with Gasteiger partial charge in [-0.2, -0.15) is 0 Å². The Morgan fingerprint density at radius 2 is 1.55 bits per heavy atom. The summed E-state index contributed by atoms with van der Waals surface area (Å²) in [6, 6.07) is 24.6. The number of urea groups is 1. The zero-order chi connectivity index (χ0) is 20.5. The Morgan fingerprint density at radius 3 is 2.14 bits per heavy atom. The summed E-state index contributed by atoms with van der Waals surface area (Å²) in [5, 5.41) is 5.91. The highest BCUT2D eigenvalue weighted by Crippen LogP contribution is 2.27. The van der Waals surface area contributed by atoms with E-state index in [1.807, 2.05) is 43.3 Å². The molecule has 0 aliphatic carbocycles. The molecule has 0 saturated carbocycles. The second-order valence-electron chi connectivity index (χ2n) is 7.19. The first-order valence-corrected chi connectivity index (χ1v) is 9.87. The molecule has 0 atom stereocenters. The summed E-state index contributed by atoms with van der Waals surface area (Å²) >= 11 is 0. The molecule has 2 aromatic carbocycles. The molecule has 0 bridgehead atoms. The van der Waals surface area contributed by atoms with Crippen molar-refractivity contribution in [2.45, 2.75) is 18.9 Å². The molecular weight excluding hydrogens is 360 g/mol. The molecule has 0 aliphatic heterocycles. The number of nitrogens with zero attached hydrogens (tertiary/aromatic N) is 2. The topological polar surface area (TPSA) is 57.3 Å². The molecule has 0 radical (unpaired) electrons. The molecule has 3 aromatic rings. The minimum atomic E-state index is -0.159. The van der Waals surface area contributed by atoms with Crippen molar-refractivity contribution in [2.24, 2.45) is 0 Å². The van der Waals surface area contributed by atoms with Gasteiger partial charge in [-0.15, -0.1) is 0 Å². The maximum atomic E-state index is 12.2. The van der Waals surface area contributed by atoms with Crippen LogP contribution < -0.4 is 15.5 Å². The minimum absolute atomic E-state index is 0.159. The molecule has 1 aromatic heterocycles. The van der Waals surface area contributed by atoms with Crippen LogP contribution in [0.25, 0.3) is 0 Å². The highest BCUT2D eigenvalue weighted by molar-refractivity contribution is 5.73. The molecule has 2 amide bonds. The summed E-state index contributed by atoms with van der Waals surface area (Å²) in [4.78, 5) is 18.5. The Labute approximate surface area is 172 Å². The van der Waals surface area contributed by atoms with Crippen LogP contribution in [-0.4, -0.2) is 31.7 Å². The van der Waals surface area contributed by atoms with Gasteiger partial charge in [-0.25, -0.2) is 9.78 Å². The van der Waals surface area contributed by atoms with Gasteiger partial charge in [0.25, 0.3) is 0 Å². The lowest BCUT2D eigenvalue weighted by Crippen LogP contribution is -2.36. The van der Waals surface area contributed by atoms with Crippen molar-refractivity contribution in [3.63, 3.8) is 0 Å². The van der Waals surface area contributed by atoms with Crippen LogP contribution >= 0.6 is 0 Å². The molecule has 1 heterocycles. The van der Waals surface area contributed by atoms with Gasteiger partial charge in [0.1, 0.15) is 5.82 Å². The number of anilines is 1. The number of nitrogens with one attached hydrogen (secondary N) is 2. The Balaban J connectivity index is 1.53. The maximum absolute atomic E-state index is 12.2. The fourth-order valence-electron chi connectivity index (χ4n) is 3.29. The van der Waals surface area contributed by atoms with E-state index in [1.165, 1.54) is 11.1 Å². The zero-order valence-corrected chi connectivity index (χ0v) is 17.0. The number of aromatic nitrogens is 1. The first-order chi connectivity index (χ1) is 14.1. The maximum Gasteiger partial charge on any atom is 0.315 e. The van der Waals surface area contributed by atoms with Crippen molar-refractivity contribution in [1.82, 2.24) is 15.6 Å². The zero-order valence-electron chi connectivity index (χ0n) is 17.0. The predicted molar refractivity (Wildman–Crippen MR) is 118 cm³/mol. The fraction of sp³-hybridized carbons (Fsp3) is 0.250. The van der Waals surface area contributed by atoms with E-state index in [0.29, 0.717) is 13.1 Å². The van der Waals surface area contributed by atoms with Crippen LogP contribution in [0.15, 0.2) is 79.0 Å². The van der Waals surface area contributed by atoms with Gasteiger partial charge in [0.2, 0.25) is 0 Å². The SMILES string of the molecule is CN(C)c1cc(CNC(=O)NCCC(c2ccccc2)c2ccccc2)ccn1. The number of amides is 2. The summed E-state index contributed by atoms with van der Waals surface area (Å²) in [5.74, 6) is 1.12. The van der Waals surface area contributed by atoms with Crippen LogP contribution in [0.3, 0.4) is 0 Å². The van der Waals surface area contributed by atoms with E-state index in [1.54, 1.807) is 6.20 Å². The van der Waals surface area contributed by atoms with Crippen LogP contribution in [0.1, 0.15) is 29.0 Å². The molecule has 2 N–H and O–H groups in total. The lowest BCUT2D eigenvalue weighted by atomic mass is 9.88. The average Bonchev–Trinajstić information content (AvgIpc) is 2.76. The van der Waals surface area contributed by atoms with Gasteiger partial charge in [0.05, 0.1) is 0 Å². The summed E-state index contributed by atoms with van der Waals surface area (Å²) in [6.45, 7) is 1.07. The monoisotopic (exact) mass is 388 g/mol. The van der Waals surface area contributed by atoms with Crippen molar-refractivity contribution in [3.05, 3.63) is 95.7 Å². The van der Waals surface area contributed by atoms with E-state index in [4.69, 9.17) is 0 Å². The van der Waals surface area contributed by atoms with E-state index in [9.17, 15) is 4.79 Å². The first kappa shape index (κ1) is 20.4. The van der Waals surface area contributed by atoms with Crippen molar-refractivity contribution in [2.75, 3.05) is 25.5 Å². The molecule has 5 heteroatoms. The summed E-state index contributed by atoms with van der Waals surface area (Å²) in [6.07, 6.45) is 2.59. The Bertz CT molecular complexity index is 858. The number of hydrogen-bond donors (Lipinski definition) is 2. The molecule has 29 heavy (non-hydrogen) atoms. The minimum Gasteiger partial charge on any atom is -0.363 e. The third-order valence-corrected chi connectivity index (χ3v) is 4.84. The van der Waals surface area contributed by atoms with Crippen LogP contribution in [-0.2, 0) is 6.54 Å². The van der Waals surface area contributed by atoms with Gasteiger partial charge in [-0.3, -0.25) is 0 Å². The van der Waals surface area contributed by atoms with Crippen molar-refractivity contribution >= 4 is 11.8 Å². The Morgan fingerprint density at radius 1 is 0.931 bits per heavy atom. The quantitative estimate of drug-likeness (QED) is 0.609. The molecule has 0 aliphatic rings. The van der Waals surface area contributed by atoms with Gasteiger partial charge in [-0.1, -0.05) is 60.7 Å². The third kappa shape index (κ3) is 6.07. The molecule has 0 unspecified atom stereocenters. The lowest BCUT2D eigenvalue weighted by Gasteiger charge is -2.18. The molecular formula is C24H28N4O. The number of benzene rings is 2. The summed E-state index contributed by atoms with van der Waals surface area (Å²) in [7, 11) is 3.89. The fourth-order valence-corrected chi connectivity index (χ4v) is 3.29. The number of carbonyl (C=O) groups excluding carboxylic acids is 1. The van der Waals surface area contributed by atoms with E-state index < -0.39 is 0 Å². The molecule has 0 spiro atoms. The molecule has 0 fully saturated rings. The number of hydrogen-bond acceptors (Lipinski definition) is 3. The van der Waals surface area contributed by atoms with Crippen molar-refractivity contribution in [3.8, 4) is 0 Å². The Hall–Kier alpha value is -3.34. The number of carbonyl (C=O) groups is 1. The van der Waals surface area contributed by atoms with Crippen LogP contribution in [0.4, 0.5) is 10.6 Å². The second-order valence-corrected chi connectivity index (χ2v) is 7.19. The molecule has 150 valence electrons. The molecule has 3 rings (SSSR count). The van der Waals surface area contributed by atoms with E-state index in [0.717, 1.165) is 17.8 Å². The second kappa shape index (κ2) is 10.3. The Kier molecular flexibility index (Phi) is 7.22. The highest BCUT2D eigenvalue weighted by Gasteiger charge is 2.14. The standard InChI is InChI=1S/C24H28N4O/c1-28(2)23-17-19(13-15-25-23)18-27-24(29)26-16-14-22(20-9-5-3-6-10-20)21-11-7-4-8-12-21/h3-13,15,17,22H,14,16,18H2,1-2H3,(H2,26,27,29). The van der Waals surface area contributed by atoms with Gasteiger partial charge in [0, 0.05) is 39.3 Å². The molecule has 0 saturated heterocycles. The number of rotatable bonds is 8. The third-order valence-electron chi connectivity index (χ3n) is 4.84. The lowest BCUT2D eigenvalue weighted by molar-refractivity contribution is 0.240. The van der Waals surface area contributed by atoms with Gasteiger partial charge >= 0.3 is 6.03 Å². The highest BCUT2D eigenvalue weighted by atomic mass is 16.2. The van der Waals surface area contributed by atoms with Crippen molar-refractivity contribution < 1.29 is 4.79 Å². The average molecular weight is 389 g/mol. The molecule has 5 nitrogen and oxygen atoms in total. The van der Waals surface area contributed by atoms with E-state index in [-0.39, 0.29) is 11.9 Å². The summed E-state index contributed by atoms with van der Waals surface area (Å²) < 4.78 is 0. The van der Waals surface area contributed by atoms with Gasteiger partial charge in [-0.05, 0) is 35.2 Å². The van der Waals surface area contributed by atoms with Crippen molar-refractivity contribution in [1.29, 1.82) is 0 Å². The summed E-state index contributed by atoms with van der Waals surface area (Å²) in [5.41, 5.74) is 3.54. The smallest absolute Gasteiger partial charge is 0.315 e. The first-order valence-electron chi connectivity index (χ1n) is 9.87. The van der Waals surface area contributed by atoms with Crippen LogP contribution in [0, 0.1) is 0 Å². The normalized spacial score (nSPS) is 10.6.